The molecule has 6 rings (SSSR count). The lowest BCUT2D eigenvalue weighted by Gasteiger charge is -2.46. The third-order valence-corrected chi connectivity index (χ3v) is 9.07. The van der Waals surface area contributed by atoms with E-state index in [2.05, 4.69) is 45.5 Å². The molecule has 2 aromatic carbocycles. The summed E-state index contributed by atoms with van der Waals surface area (Å²) in [6.07, 6.45) is 4.34. The van der Waals surface area contributed by atoms with Crippen molar-refractivity contribution in [3.8, 4) is 0 Å². The summed E-state index contributed by atoms with van der Waals surface area (Å²) in [5.74, 6) is -0.109. The number of hydrogen-bond donors (Lipinski definition) is 0. The second-order valence-corrected chi connectivity index (χ2v) is 11.2. The molecule has 6 heteroatoms. The van der Waals surface area contributed by atoms with Gasteiger partial charge in [0.2, 0.25) is 5.91 Å². The van der Waals surface area contributed by atoms with Crippen molar-refractivity contribution in [2.75, 3.05) is 26.2 Å². The van der Waals surface area contributed by atoms with Crippen molar-refractivity contribution in [2.24, 2.45) is 0 Å². The molecule has 1 saturated heterocycles. The number of hydrogen-bond acceptors (Lipinski definition) is 4. The number of amides is 2. The fraction of sp³-hybridized carbons (Fsp3) is 0.400. The molecule has 2 fully saturated rings. The van der Waals surface area contributed by atoms with Crippen LogP contribution in [0, 0.1) is 0 Å². The van der Waals surface area contributed by atoms with E-state index in [1.807, 2.05) is 41.3 Å². The lowest BCUT2D eigenvalue weighted by atomic mass is 9.80. The first-order chi connectivity index (χ1) is 17.7. The molecule has 3 aromatic rings. The Kier molecular flexibility index (Phi) is 6.63. The monoisotopic (exact) mass is 499 g/mol. The van der Waals surface area contributed by atoms with Gasteiger partial charge in [0, 0.05) is 49.2 Å². The summed E-state index contributed by atoms with van der Waals surface area (Å²) in [6, 6.07) is 22.5. The molecule has 5 nitrogen and oxygen atoms in total. The fourth-order valence-electron chi connectivity index (χ4n) is 6.33. The third kappa shape index (κ3) is 4.37. The second-order valence-electron chi connectivity index (χ2n) is 10.3. The SMILES string of the molecule is O=C([C@@H]1c2ccccc2C(=O)N(C2CCCC2)[C@@H]1c1cccs1)N1CCN(Cc2ccccc2)CC1. The summed E-state index contributed by atoms with van der Waals surface area (Å²) < 4.78 is 0. The van der Waals surface area contributed by atoms with Crippen LogP contribution in [-0.4, -0.2) is 58.7 Å². The molecule has 36 heavy (non-hydrogen) atoms. The topological polar surface area (TPSA) is 43.9 Å². The fourth-order valence-corrected chi connectivity index (χ4v) is 7.19. The average Bonchev–Trinajstić information content (AvgIpc) is 3.64. The van der Waals surface area contributed by atoms with Gasteiger partial charge in [-0.05, 0) is 41.5 Å². The zero-order chi connectivity index (χ0) is 24.5. The van der Waals surface area contributed by atoms with Crippen LogP contribution in [-0.2, 0) is 11.3 Å². The van der Waals surface area contributed by atoms with E-state index in [1.54, 1.807) is 11.3 Å². The van der Waals surface area contributed by atoms with Crippen LogP contribution in [0.4, 0.5) is 0 Å². The predicted octanol–water partition coefficient (Wildman–Crippen LogP) is 5.32. The van der Waals surface area contributed by atoms with Crippen LogP contribution in [0.2, 0.25) is 0 Å². The first-order valence-electron chi connectivity index (χ1n) is 13.2. The summed E-state index contributed by atoms with van der Waals surface area (Å²) in [6.45, 7) is 4.09. The minimum atomic E-state index is -0.362. The van der Waals surface area contributed by atoms with E-state index in [-0.39, 0.29) is 29.8 Å². The zero-order valence-electron chi connectivity index (χ0n) is 20.6. The Morgan fingerprint density at radius 2 is 1.58 bits per heavy atom. The Labute approximate surface area is 217 Å². The van der Waals surface area contributed by atoms with Crippen molar-refractivity contribution in [3.63, 3.8) is 0 Å². The number of piperazine rings is 1. The Morgan fingerprint density at radius 1 is 0.861 bits per heavy atom. The number of carbonyl (C=O) groups is 2. The third-order valence-electron chi connectivity index (χ3n) is 8.13. The molecule has 0 unspecified atom stereocenters. The molecule has 186 valence electrons. The van der Waals surface area contributed by atoms with E-state index in [9.17, 15) is 9.59 Å². The Balaban J connectivity index is 1.30. The van der Waals surface area contributed by atoms with Crippen LogP contribution in [0.15, 0.2) is 72.1 Å². The minimum Gasteiger partial charge on any atom is -0.340 e. The highest BCUT2D eigenvalue weighted by molar-refractivity contribution is 7.10. The summed E-state index contributed by atoms with van der Waals surface area (Å²) in [5.41, 5.74) is 2.91. The summed E-state index contributed by atoms with van der Waals surface area (Å²) in [4.78, 5) is 35.9. The van der Waals surface area contributed by atoms with E-state index >= 15 is 0 Å². The molecule has 3 heterocycles. The van der Waals surface area contributed by atoms with Crippen molar-refractivity contribution < 1.29 is 9.59 Å². The molecule has 1 aliphatic carbocycles. The first-order valence-corrected chi connectivity index (χ1v) is 14.1. The number of benzene rings is 2. The molecular formula is C30H33N3O2S. The van der Waals surface area contributed by atoms with E-state index in [4.69, 9.17) is 0 Å². The van der Waals surface area contributed by atoms with Gasteiger partial charge in [-0.25, -0.2) is 0 Å². The van der Waals surface area contributed by atoms with E-state index < -0.39 is 0 Å². The lowest BCUT2D eigenvalue weighted by Crippen LogP contribution is -2.54. The number of thiophene rings is 1. The standard InChI is InChI=1S/C30H33N3O2S/c34-29-25-14-7-6-13-24(25)27(28(26-15-8-20-36-26)33(29)23-11-4-5-12-23)30(35)32-18-16-31(17-19-32)21-22-9-2-1-3-10-22/h1-3,6-10,13-15,20,23,27-28H,4-5,11-12,16-19,21H2/t27-,28-/m1/s1. The van der Waals surface area contributed by atoms with Gasteiger partial charge in [-0.15, -0.1) is 11.3 Å². The largest absolute Gasteiger partial charge is 0.340 e. The lowest BCUT2D eigenvalue weighted by molar-refractivity contribution is -0.136. The van der Waals surface area contributed by atoms with Gasteiger partial charge in [0.05, 0.1) is 12.0 Å². The molecule has 0 spiro atoms. The maximum absolute atomic E-state index is 14.3. The van der Waals surface area contributed by atoms with Crippen molar-refractivity contribution >= 4 is 23.2 Å². The van der Waals surface area contributed by atoms with Crippen molar-refractivity contribution in [3.05, 3.63) is 93.7 Å². The van der Waals surface area contributed by atoms with E-state index in [0.717, 1.165) is 68.8 Å². The maximum Gasteiger partial charge on any atom is 0.254 e. The van der Waals surface area contributed by atoms with Gasteiger partial charge in [-0.1, -0.05) is 67.4 Å². The van der Waals surface area contributed by atoms with Crippen molar-refractivity contribution in [1.82, 2.24) is 14.7 Å². The van der Waals surface area contributed by atoms with E-state index in [1.165, 1.54) is 5.56 Å². The van der Waals surface area contributed by atoms with Gasteiger partial charge in [0.25, 0.3) is 5.91 Å². The molecule has 0 radical (unpaired) electrons. The number of carbonyl (C=O) groups excluding carboxylic acids is 2. The molecule has 0 bridgehead atoms. The highest BCUT2D eigenvalue weighted by Crippen LogP contribution is 2.47. The second kappa shape index (κ2) is 10.2. The average molecular weight is 500 g/mol. The molecule has 0 N–H and O–H groups in total. The highest BCUT2D eigenvalue weighted by atomic mass is 32.1. The number of rotatable bonds is 5. The van der Waals surface area contributed by atoms with Gasteiger partial charge in [0.1, 0.15) is 0 Å². The van der Waals surface area contributed by atoms with Gasteiger partial charge in [-0.2, -0.15) is 0 Å². The summed E-state index contributed by atoms with van der Waals surface area (Å²) in [7, 11) is 0. The maximum atomic E-state index is 14.3. The highest BCUT2D eigenvalue weighted by Gasteiger charge is 2.48. The van der Waals surface area contributed by atoms with Crippen LogP contribution < -0.4 is 0 Å². The van der Waals surface area contributed by atoms with Gasteiger partial charge in [-0.3, -0.25) is 14.5 Å². The molecule has 3 aliphatic rings. The minimum absolute atomic E-state index is 0.0904. The zero-order valence-corrected chi connectivity index (χ0v) is 21.4. The molecule has 2 amide bonds. The van der Waals surface area contributed by atoms with Gasteiger partial charge < -0.3 is 9.80 Å². The van der Waals surface area contributed by atoms with E-state index in [0.29, 0.717) is 5.56 Å². The molecule has 2 atom stereocenters. The van der Waals surface area contributed by atoms with Crippen LogP contribution in [0.3, 0.4) is 0 Å². The molecule has 1 saturated carbocycles. The normalized spacial score (nSPS) is 23.2. The first kappa shape index (κ1) is 23.4. The Bertz CT molecular complexity index is 1200. The van der Waals surface area contributed by atoms with Gasteiger partial charge >= 0.3 is 0 Å². The van der Waals surface area contributed by atoms with Crippen molar-refractivity contribution in [2.45, 2.75) is 50.2 Å². The van der Waals surface area contributed by atoms with Crippen LogP contribution in [0.5, 0.6) is 0 Å². The van der Waals surface area contributed by atoms with Gasteiger partial charge in [0.15, 0.2) is 0 Å². The summed E-state index contributed by atoms with van der Waals surface area (Å²) in [5, 5.41) is 2.07. The van der Waals surface area contributed by atoms with Crippen LogP contribution in [0.1, 0.15) is 64.0 Å². The quantitative estimate of drug-likeness (QED) is 0.478. The van der Waals surface area contributed by atoms with Crippen LogP contribution >= 0.6 is 11.3 Å². The van der Waals surface area contributed by atoms with Crippen molar-refractivity contribution in [1.29, 1.82) is 0 Å². The summed E-state index contributed by atoms with van der Waals surface area (Å²) >= 11 is 1.67. The smallest absolute Gasteiger partial charge is 0.254 e. The molecule has 1 aromatic heterocycles. The predicted molar refractivity (Wildman–Crippen MR) is 143 cm³/mol. The molecule has 2 aliphatic heterocycles. The number of fused-ring (bicyclic) bond motifs is 1. The number of nitrogens with zero attached hydrogens (tertiary/aromatic N) is 3. The molecular weight excluding hydrogens is 466 g/mol. The van der Waals surface area contributed by atoms with Crippen LogP contribution in [0.25, 0.3) is 0 Å². The Morgan fingerprint density at radius 3 is 2.31 bits per heavy atom. The Hall–Kier alpha value is -2.96.